The van der Waals surface area contributed by atoms with Crippen LogP contribution >= 0.6 is 35.6 Å². The summed E-state index contributed by atoms with van der Waals surface area (Å²) in [6.07, 6.45) is 1.79. The van der Waals surface area contributed by atoms with Gasteiger partial charge in [-0.15, -0.1) is 0 Å². The highest BCUT2D eigenvalue weighted by Gasteiger charge is 2.33. The summed E-state index contributed by atoms with van der Waals surface area (Å²) < 4.78 is 0.534. The molecule has 2 nitrogen and oxygen atoms in total. The standard InChI is InChI=1S/C17H12ClNOS2/c1-11-6-8-13(9-7-11)19-16(20)15(22-17(19)21)10-12-4-2-3-5-14(12)18/h2-10H,1H3/b15-10+. The third kappa shape index (κ3) is 2.95. The van der Waals surface area contributed by atoms with Gasteiger partial charge in [0.15, 0.2) is 4.32 Å². The van der Waals surface area contributed by atoms with Crippen molar-refractivity contribution in [3.05, 3.63) is 69.6 Å². The minimum Gasteiger partial charge on any atom is -0.268 e. The number of carbonyl (C=O) groups excluding carboxylic acids is 1. The molecule has 1 saturated heterocycles. The van der Waals surface area contributed by atoms with Crippen LogP contribution in [0.25, 0.3) is 6.08 Å². The van der Waals surface area contributed by atoms with Crippen LogP contribution in [0.1, 0.15) is 11.1 Å². The van der Waals surface area contributed by atoms with E-state index in [4.69, 9.17) is 23.8 Å². The van der Waals surface area contributed by atoms with Crippen molar-refractivity contribution in [3.8, 4) is 0 Å². The van der Waals surface area contributed by atoms with Gasteiger partial charge in [-0.1, -0.05) is 71.5 Å². The zero-order valence-electron chi connectivity index (χ0n) is 11.7. The van der Waals surface area contributed by atoms with Crippen molar-refractivity contribution in [1.29, 1.82) is 0 Å². The Bertz CT molecular complexity index is 784. The summed E-state index contributed by atoms with van der Waals surface area (Å²) in [5.41, 5.74) is 2.74. The lowest BCUT2D eigenvalue weighted by Gasteiger charge is -2.14. The lowest BCUT2D eigenvalue weighted by atomic mass is 10.2. The first-order valence-electron chi connectivity index (χ1n) is 6.65. The Labute approximate surface area is 143 Å². The zero-order chi connectivity index (χ0) is 15.7. The molecule has 0 bridgehead atoms. The fraction of sp³-hybridized carbons (Fsp3) is 0.0588. The van der Waals surface area contributed by atoms with E-state index in [2.05, 4.69) is 0 Å². The molecule has 0 saturated carbocycles. The molecule has 2 aromatic rings. The highest BCUT2D eigenvalue weighted by Crippen LogP contribution is 2.36. The molecule has 22 heavy (non-hydrogen) atoms. The van der Waals surface area contributed by atoms with E-state index in [1.165, 1.54) is 11.8 Å². The number of rotatable bonds is 2. The smallest absolute Gasteiger partial charge is 0.268 e. The van der Waals surface area contributed by atoms with Crippen molar-refractivity contribution < 1.29 is 4.79 Å². The van der Waals surface area contributed by atoms with Crippen LogP contribution in [0.4, 0.5) is 5.69 Å². The number of hydrogen-bond acceptors (Lipinski definition) is 3. The van der Waals surface area contributed by atoms with Crippen LogP contribution in [0.15, 0.2) is 53.4 Å². The van der Waals surface area contributed by atoms with Gasteiger partial charge in [-0.05, 0) is 36.8 Å². The predicted molar refractivity (Wildman–Crippen MR) is 98.3 cm³/mol. The summed E-state index contributed by atoms with van der Waals surface area (Å²) in [5, 5.41) is 0.614. The maximum atomic E-state index is 12.6. The molecule has 2 aromatic carbocycles. The Morgan fingerprint density at radius 2 is 1.82 bits per heavy atom. The van der Waals surface area contributed by atoms with Crippen molar-refractivity contribution in [2.75, 3.05) is 4.90 Å². The molecule has 1 fully saturated rings. The van der Waals surface area contributed by atoms with Gasteiger partial charge in [0, 0.05) is 5.02 Å². The molecule has 0 unspecified atom stereocenters. The van der Waals surface area contributed by atoms with Crippen molar-refractivity contribution in [2.24, 2.45) is 0 Å². The maximum Gasteiger partial charge on any atom is 0.270 e. The Balaban J connectivity index is 1.95. The van der Waals surface area contributed by atoms with Crippen LogP contribution in [-0.4, -0.2) is 10.2 Å². The quantitative estimate of drug-likeness (QED) is 0.561. The Hall–Kier alpha value is -1.62. The SMILES string of the molecule is Cc1ccc(N2C(=O)/C(=C\c3ccccc3Cl)SC2=S)cc1. The van der Waals surface area contributed by atoms with Gasteiger partial charge in [0.25, 0.3) is 5.91 Å². The fourth-order valence-electron chi connectivity index (χ4n) is 2.12. The minimum absolute atomic E-state index is 0.112. The van der Waals surface area contributed by atoms with E-state index in [9.17, 15) is 4.79 Å². The number of carbonyl (C=O) groups is 1. The molecule has 0 atom stereocenters. The monoisotopic (exact) mass is 345 g/mol. The summed E-state index contributed by atoms with van der Waals surface area (Å²) in [6, 6.07) is 15.2. The number of anilines is 1. The van der Waals surface area contributed by atoms with E-state index in [0.717, 1.165) is 16.8 Å². The average molecular weight is 346 g/mol. The van der Waals surface area contributed by atoms with E-state index in [0.29, 0.717) is 14.2 Å². The van der Waals surface area contributed by atoms with Gasteiger partial charge >= 0.3 is 0 Å². The first kappa shape index (κ1) is 15.3. The lowest BCUT2D eigenvalue weighted by molar-refractivity contribution is -0.113. The normalized spacial score (nSPS) is 16.6. The van der Waals surface area contributed by atoms with Crippen molar-refractivity contribution in [2.45, 2.75) is 6.92 Å². The average Bonchev–Trinajstić information content (AvgIpc) is 2.77. The van der Waals surface area contributed by atoms with Crippen LogP contribution in [0, 0.1) is 6.92 Å². The van der Waals surface area contributed by atoms with Gasteiger partial charge in [-0.2, -0.15) is 0 Å². The largest absolute Gasteiger partial charge is 0.270 e. The molecule has 0 radical (unpaired) electrons. The van der Waals surface area contributed by atoms with E-state index in [1.807, 2.05) is 49.4 Å². The second kappa shape index (κ2) is 6.24. The van der Waals surface area contributed by atoms with E-state index >= 15 is 0 Å². The summed E-state index contributed by atoms with van der Waals surface area (Å²) in [6.45, 7) is 2.01. The van der Waals surface area contributed by atoms with Crippen LogP contribution in [0.5, 0.6) is 0 Å². The van der Waals surface area contributed by atoms with E-state index in [1.54, 1.807) is 17.0 Å². The summed E-state index contributed by atoms with van der Waals surface area (Å²) in [4.78, 5) is 14.8. The summed E-state index contributed by atoms with van der Waals surface area (Å²) in [5.74, 6) is -0.112. The second-order valence-electron chi connectivity index (χ2n) is 4.87. The maximum absolute atomic E-state index is 12.6. The van der Waals surface area contributed by atoms with Crippen molar-refractivity contribution in [1.82, 2.24) is 0 Å². The molecule has 0 aromatic heterocycles. The highest BCUT2D eigenvalue weighted by atomic mass is 35.5. The molecule has 1 heterocycles. The molecule has 0 spiro atoms. The first-order chi connectivity index (χ1) is 10.6. The minimum atomic E-state index is -0.112. The number of benzene rings is 2. The van der Waals surface area contributed by atoms with Gasteiger partial charge in [0.1, 0.15) is 0 Å². The van der Waals surface area contributed by atoms with E-state index < -0.39 is 0 Å². The zero-order valence-corrected chi connectivity index (χ0v) is 14.1. The van der Waals surface area contributed by atoms with Gasteiger partial charge in [-0.3, -0.25) is 9.69 Å². The van der Waals surface area contributed by atoms with Gasteiger partial charge in [-0.25, -0.2) is 0 Å². The number of aryl methyl sites for hydroxylation is 1. The topological polar surface area (TPSA) is 20.3 Å². The summed E-state index contributed by atoms with van der Waals surface area (Å²) in [7, 11) is 0. The number of thioether (sulfide) groups is 1. The van der Waals surface area contributed by atoms with E-state index in [-0.39, 0.29) is 5.91 Å². The first-order valence-corrected chi connectivity index (χ1v) is 8.26. The van der Waals surface area contributed by atoms with Crippen molar-refractivity contribution >= 4 is 57.6 Å². The number of nitrogens with zero attached hydrogens (tertiary/aromatic N) is 1. The van der Waals surface area contributed by atoms with Crippen molar-refractivity contribution in [3.63, 3.8) is 0 Å². The molecular weight excluding hydrogens is 334 g/mol. The molecule has 0 aliphatic carbocycles. The van der Waals surface area contributed by atoms with Crippen LogP contribution in [0.2, 0.25) is 5.02 Å². The van der Waals surface area contributed by atoms with Gasteiger partial charge < -0.3 is 0 Å². The molecule has 5 heteroatoms. The molecule has 1 aliphatic rings. The molecular formula is C17H12ClNOS2. The molecule has 1 aliphatic heterocycles. The number of halogens is 1. The van der Waals surface area contributed by atoms with Gasteiger partial charge in [0.05, 0.1) is 10.6 Å². The molecule has 3 rings (SSSR count). The summed E-state index contributed by atoms with van der Waals surface area (Å²) >= 11 is 12.8. The lowest BCUT2D eigenvalue weighted by Crippen LogP contribution is -2.27. The highest BCUT2D eigenvalue weighted by molar-refractivity contribution is 8.27. The van der Waals surface area contributed by atoms with Crippen LogP contribution in [-0.2, 0) is 4.79 Å². The molecule has 1 amide bonds. The molecule has 110 valence electrons. The Morgan fingerprint density at radius 1 is 1.14 bits per heavy atom. The fourth-order valence-corrected chi connectivity index (χ4v) is 3.60. The number of amides is 1. The Kier molecular flexibility index (Phi) is 4.34. The number of hydrogen-bond donors (Lipinski definition) is 0. The third-order valence-electron chi connectivity index (χ3n) is 3.28. The van der Waals surface area contributed by atoms with Crippen LogP contribution < -0.4 is 4.90 Å². The third-order valence-corrected chi connectivity index (χ3v) is 4.92. The van der Waals surface area contributed by atoms with Gasteiger partial charge in [0.2, 0.25) is 0 Å². The van der Waals surface area contributed by atoms with Crippen LogP contribution in [0.3, 0.4) is 0 Å². The Morgan fingerprint density at radius 3 is 2.50 bits per heavy atom. The molecule has 0 N–H and O–H groups in total. The second-order valence-corrected chi connectivity index (χ2v) is 6.96. The number of thiocarbonyl (C=S) groups is 1. The predicted octanol–water partition coefficient (Wildman–Crippen LogP) is 5.05.